The average Bonchev–Trinajstić information content (AvgIpc) is 2.51. The Hall–Kier alpha value is -1.52. The SMILES string of the molecule is CCOC(=O)c1n[nH]cc1OC(C)C. The molecule has 0 aliphatic carbocycles. The lowest BCUT2D eigenvalue weighted by Crippen LogP contribution is -2.11. The second kappa shape index (κ2) is 4.64. The van der Waals surface area contributed by atoms with Crippen LogP contribution >= 0.6 is 0 Å². The van der Waals surface area contributed by atoms with Crippen molar-refractivity contribution in [2.75, 3.05) is 6.61 Å². The first-order valence-electron chi connectivity index (χ1n) is 4.52. The van der Waals surface area contributed by atoms with Crippen LogP contribution in [0.1, 0.15) is 31.3 Å². The van der Waals surface area contributed by atoms with Gasteiger partial charge in [-0.1, -0.05) is 0 Å². The van der Waals surface area contributed by atoms with Crippen molar-refractivity contribution in [1.82, 2.24) is 10.2 Å². The zero-order valence-corrected chi connectivity index (χ0v) is 8.53. The number of hydrogen-bond donors (Lipinski definition) is 1. The fourth-order valence-corrected chi connectivity index (χ4v) is 0.968. The first kappa shape index (κ1) is 10.6. The van der Waals surface area contributed by atoms with E-state index in [2.05, 4.69) is 10.2 Å². The Labute approximate surface area is 82.4 Å². The van der Waals surface area contributed by atoms with Crippen molar-refractivity contribution in [1.29, 1.82) is 0 Å². The summed E-state index contributed by atoms with van der Waals surface area (Å²) in [5.74, 6) is -0.0390. The van der Waals surface area contributed by atoms with Crippen LogP contribution in [-0.2, 0) is 4.74 Å². The van der Waals surface area contributed by atoms with Gasteiger partial charge in [0.05, 0.1) is 18.9 Å². The van der Waals surface area contributed by atoms with Gasteiger partial charge in [-0.25, -0.2) is 4.79 Å². The van der Waals surface area contributed by atoms with Crippen LogP contribution in [0.4, 0.5) is 0 Å². The summed E-state index contributed by atoms with van der Waals surface area (Å²) in [5, 5.41) is 6.33. The molecule has 1 rings (SSSR count). The maximum atomic E-state index is 11.3. The van der Waals surface area contributed by atoms with Crippen LogP contribution in [0.5, 0.6) is 5.75 Å². The van der Waals surface area contributed by atoms with E-state index >= 15 is 0 Å². The topological polar surface area (TPSA) is 64.2 Å². The molecule has 0 aliphatic heterocycles. The van der Waals surface area contributed by atoms with Gasteiger partial charge >= 0.3 is 5.97 Å². The predicted molar refractivity (Wildman–Crippen MR) is 50.3 cm³/mol. The molecule has 1 heterocycles. The molecule has 14 heavy (non-hydrogen) atoms. The Bertz CT molecular complexity index is 307. The highest BCUT2D eigenvalue weighted by Crippen LogP contribution is 2.17. The Morgan fingerprint density at radius 2 is 2.36 bits per heavy atom. The van der Waals surface area contributed by atoms with Gasteiger partial charge in [-0.2, -0.15) is 5.10 Å². The number of esters is 1. The summed E-state index contributed by atoms with van der Waals surface area (Å²) in [7, 11) is 0. The number of nitrogens with one attached hydrogen (secondary N) is 1. The smallest absolute Gasteiger partial charge is 0.362 e. The molecular weight excluding hydrogens is 184 g/mol. The lowest BCUT2D eigenvalue weighted by Gasteiger charge is -2.08. The van der Waals surface area contributed by atoms with Crippen LogP contribution < -0.4 is 4.74 Å². The number of aromatic nitrogens is 2. The van der Waals surface area contributed by atoms with E-state index in [4.69, 9.17) is 9.47 Å². The van der Waals surface area contributed by atoms with E-state index in [0.717, 1.165) is 0 Å². The first-order chi connectivity index (χ1) is 6.65. The van der Waals surface area contributed by atoms with E-state index in [9.17, 15) is 4.79 Å². The molecule has 0 fully saturated rings. The summed E-state index contributed by atoms with van der Waals surface area (Å²) >= 11 is 0. The van der Waals surface area contributed by atoms with Crippen molar-refractivity contribution in [3.63, 3.8) is 0 Å². The van der Waals surface area contributed by atoms with E-state index in [0.29, 0.717) is 12.4 Å². The van der Waals surface area contributed by atoms with Gasteiger partial charge in [0.2, 0.25) is 5.69 Å². The summed E-state index contributed by atoms with van der Waals surface area (Å²) in [4.78, 5) is 11.3. The molecule has 0 spiro atoms. The minimum Gasteiger partial charge on any atom is -0.487 e. The first-order valence-corrected chi connectivity index (χ1v) is 4.52. The van der Waals surface area contributed by atoms with Gasteiger partial charge < -0.3 is 9.47 Å². The van der Waals surface area contributed by atoms with Crippen LogP contribution in [0.2, 0.25) is 0 Å². The second-order valence-electron chi connectivity index (χ2n) is 2.99. The minimum absolute atomic E-state index is 0.000719. The maximum Gasteiger partial charge on any atom is 0.362 e. The van der Waals surface area contributed by atoms with Crippen molar-refractivity contribution in [2.45, 2.75) is 26.9 Å². The van der Waals surface area contributed by atoms with Gasteiger partial charge in [0.25, 0.3) is 0 Å². The zero-order valence-electron chi connectivity index (χ0n) is 8.53. The maximum absolute atomic E-state index is 11.3. The summed E-state index contributed by atoms with van der Waals surface area (Å²) in [6, 6.07) is 0. The van der Waals surface area contributed by atoms with Crippen LogP contribution in [0, 0.1) is 0 Å². The van der Waals surface area contributed by atoms with Crippen LogP contribution in [0.3, 0.4) is 0 Å². The lowest BCUT2D eigenvalue weighted by atomic mass is 10.4. The number of ether oxygens (including phenoxy) is 2. The average molecular weight is 198 g/mol. The normalized spacial score (nSPS) is 10.3. The summed E-state index contributed by atoms with van der Waals surface area (Å²) < 4.78 is 10.2. The van der Waals surface area contributed by atoms with Gasteiger partial charge in [-0.3, -0.25) is 5.10 Å². The molecule has 5 nitrogen and oxygen atoms in total. The van der Waals surface area contributed by atoms with E-state index in [1.165, 1.54) is 6.20 Å². The molecule has 0 radical (unpaired) electrons. The Morgan fingerprint density at radius 1 is 1.64 bits per heavy atom. The van der Waals surface area contributed by atoms with Gasteiger partial charge in [-0.15, -0.1) is 0 Å². The van der Waals surface area contributed by atoms with Crippen molar-refractivity contribution < 1.29 is 14.3 Å². The van der Waals surface area contributed by atoms with Crippen molar-refractivity contribution >= 4 is 5.97 Å². The number of carbonyl (C=O) groups excluding carboxylic acids is 1. The molecule has 1 aromatic rings. The van der Waals surface area contributed by atoms with Crippen LogP contribution in [-0.4, -0.2) is 28.9 Å². The lowest BCUT2D eigenvalue weighted by molar-refractivity contribution is 0.0513. The van der Waals surface area contributed by atoms with Crippen LogP contribution in [0.15, 0.2) is 6.20 Å². The van der Waals surface area contributed by atoms with E-state index in [-0.39, 0.29) is 11.8 Å². The van der Waals surface area contributed by atoms with Gasteiger partial charge in [0.1, 0.15) is 0 Å². The molecule has 1 aromatic heterocycles. The molecule has 0 bridgehead atoms. The van der Waals surface area contributed by atoms with Crippen molar-refractivity contribution in [3.05, 3.63) is 11.9 Å². The predicted octanol–water partition coefficient (Wildman–Crippen LogP) is 1.37. The largest absolute Gasteiger partial charge is 0.487 e. The molecule has 0 aliphatic rings. The molecule has 0 saturated heterocycles. The zero-order chi connectivity index (χ0) is 10.6. The highest BCUT2D eigenvalue weighted by molar-refractivity contribution is 5.90. The third-order valence-corrected chi connectivity index (χ3v) is 1.44. The molecule has 1 N–H and O–H groups in total. The molecule has 78 valence electrons. The highest BCUT2D eigenvalue weighted by atomic mass is 16.5. The van der Waals surface area contributed by atoms with Crippen molar-refractivity contribution in [3.8, 4) is 5.75 Å². The number of aromatic amines is 1. The summed E-state index contributed by atoms with van der Waals surface area (Å²) in [6.45, 7) is 5.82. The van der Waals surface area contributed by atoms with E-state index < -0.39 is 5.97 Å². The molecule has 0 saturated carbocycles. The summed E-state index contributed by atoms with van der Waals surface area (Å²) in [5.41, 5.74) is 0.195. The van der Waals surface area contributed by atoms with E-state index in [1.54, 1.807) is 6.92 Å². The quantitative estimate of drug-likeness (QED) is 0.742. The van der Waals surface area contributed by atoms with Gasteiger partial charge in [-0.05, 0) is 20.8 Å². The third kappa shape index (κ3) is 2.48. The Balaban J connectivity index is 2.76. The molecule has 0 atom stereocenters. The fourth-order valence-electron chi connectivity index (χ4n) is 0.968. The Kier molecular flexibility index (Phi) is 3.50. The number of H-pyrrole nitrogens is 1. The minimum atomic E-state index is -0.468. The molecule has 5 heteroatoms. The summed E-state index contributed by atoms with van der Waals surface area (Å²) in [6.07, 6.45) is 1.53. The number of carbonyl (C=O) groups is 1. The molecular formula is C9H14N2O3. The van der Waals surface area contributed by atoms with Gasteiger partial charge in [0, 0.05) is 0 Å². The fraction of sp³-hybridized carbons (Fsp3) is 0.556. The molecule has 0 amide bonds. The number of nitrogens with zero attached hydrogens (tertiary/aromatic N) is 1. The Morgan fingerprint density at radius 3 is 2.93 bits per heavy atom. The van der Waals surface area contributed by atoms with E-state index in [1.807, 2.05) is 13.8 Å². The standard InChI is InChI=1S/C9H14N2O3/c1-4-13-9(12)8-7(5-10-11-8)14-6(2)3/h5-6H,4H2,1-3H3,(H,10,11). The molecule has 0 aromatic carbocycles. The number of hydrogen-bond acceptors (Lipinski definition) is 4. The molecule has 0 unspecified atom stereocenters. The second-order valence-corrected chi connectivity index (χ2v) is 2.99. The van der Waals surface area contributed by atoms with Crippen LogP contribution in [0.25, 0.3) is 0 Å². The number of rotatable bonds is 4. The highest BCUT2D eigenvalue weighted by Gasteiger charge is 2.17. The third-order valence-electron chi connectivity index (χ3n) is 1.44. The van der Waals surface area contributed by atoms with Gasteiger partial charge in [0.15, 0.2) is 5.75 Å². The monoisotopic (exact) mass is 198 g/mol. The van der Waals surface area contributed by atoms with Crippen molar-refractivity contribution in [2.24, 2.45) is 0 Å².